The zero-order valence-electron chi connectivity index (χ0n) is 12.9. The minimum absolute atomic E-state index is 0.353. The Kier molecular flexibility index (Phi) is 5.02. The summed E-state index contributed by atoms with van der Waals surface area (Å²) in [6, 6.07) is 11.2. The molecule has 0 aliphatic heterocycles. The number of rotatable bonds is 4. The highest BCUT2D eigenvalue weighted by Crippen LogP contribution is 2.28. The minimum Gasteiger partial charge on any atom is -0.267 e. The van der Waals surface area contributed by atoms with Gasteiger partial charge in [0.2, 0.25) is 0 Å². The molecule has 24 heavy (non-hydrogen) atoms. The van der Waals surface area contributed by atoms with Gasteiger partial charge in [0.1, 0.15) is 9.88 Å². The van der Waals surface area contributed by atoms with Crippen LogP contribution in [0.2, 0.25) is 0 Å². The fourth-order valence-electron chi connectivity index (χ4n) is 2.03. The monoisotopic (exact) mass is 357 g/mol. The van der Waals surface area contributed by atoms with Crippen molar-refractivity contribution in [2.45, 2.75) is 13.3 Å². The Labute approximate surface area is 147 Å². The second-order valence-corrected chi connectivity index (χ2v) is 6.94. The number of thiophene rings is 1. The van der Waals surface area contributed by atoms with Crippen LogP contribution in [-0.2, 0) is 6.42 Å². The van der Waals surface area contributed by atoms with Gasteiger partial charge in [0.25, 0.3) is 11.8 Å². The summed E-state index contributed by atoms with van der Waals surface area (Å²) in [7, 11) is 0. The molecule has 0 saturated heterocycles. The predicted molar refractivity (Wildman–Crippen MR) is 96.2 cm³/mol. The Bertz CT molecular complexity index is 839. The molecular formula is C17H15N3O2S2. The fourth-order valence-corrected chi connectivity index (χ4v) is 3.65. The lowest BCUT2D eigenvalue weighted by atomic mass is 10.1. The quantitative estimate of drug-likeness (QED) is 0.702. The van der Waals surface area contributed by atoms with Crippen LogP contribution < -0.4 is 10.9 Å². The molecule has 0 aliphatic carbocycles. The normalized spacial score (nSPS) is 10.4. The average Bonchev–Trinajstić information content (AvgIpc) is 3.30. The Morgan fingerprint density at radius 3 is 2.50 bits per heavy atom. The Morgan fingerprint density at radius 1 is 1.08 bits per heavy atom. The molecule has 0 radical (unpaired) electrons. The molecule has 122 valence electrons. The van der Waals surface area contributed by atoms with E-state index in [0.717, 1.165) is 21.9 Å². The lowest BCUT2D eigenvalue weighted by Crippen LogP contribution is -2.41. The summed E-state index contributed by atoms with van der Waals surface area (Å²) in [5.41, 5.74) is 6.49. The zero-order valence-corrected chi connectivity index (χ0v) is 14.5. The first-order valence-corrected chi connectivity index (χ1v) is 9.06. The first-order chi connectivity index (χ1) is 11.7. The van der Waals surface area contributed by atoms with Crippen molar-refractivity contribution in [1.29, 1.82) is 0 Å². The maximum Gasteiger partial charge on any atom is 0.281 e. The molecule has 3 rings (SSSR count). The van der Waals surface area contributed by atoms with E-state index in [1.165, 1.54) is 17.5 Å². The second-order valence-electron chi connectivity index (χ2n) is 4.97. The molecule has 0 fully saturated rings. The van der Waals surface area contributed by atoms with E-state index in [4.69, 9.17) is 0 Å². The molecular weight excluding hydrogens is 342 g/mol. The molecule has 1 aromatic carbocycles. The van der Waals surface area contributed by atoms with E-state index in [-0.39, 0.29) is 11.8 Å². The Morgan fingerprint density at radius 2 is 1.83 bits per heavy atom. The van der Waals surface area contributed by atoms with E-state index in [9.17, 15) is 9.59 Å². The molecule has 0 unspecified atom stereocenters. The maximum atomic E-state index is 12.1. The van der Waals surface area contributed by atoms with Gasteiger partial charge in [-0.2, -0.15) is 0 Å². The third-order valence-corrected chi connectivity index (χ3v) is 5.41. The number of benzene rings is 1. The smallest absolute Gasteiger partial charge is 0.267 e. The summed E-state index contributed by atoms with van der Waals surface area (Å²) < 4.78 is 0. The number of hydrogen-bond donors (Lipinski definition) is 2. The van der Waals surface area contributed by atoms with Crippen LogP contribution in [0, 0.1) is 0 Å². The summed E-state index contributed by atoms with van der Waals surface area (Å²) in [4.78, 5) is 29.8. The Hall–Kier alpha value is -2.51. The summed E-state index contributed by atoms with van der Waals surface area (Å²) >= 11 is 2.85. The number of carbonyl (C=O) groups is 2. The van der Waals surface area contributed by atoms with E-state index in [1.54, 1.807) is 23.5 Å². The van der Waals surface area contributed by atoms with E-state index in [1.807, 2.05) is 29.6 Å². The van der Waals surface area contributed by atoms with Gasteiger partial charge in [0, 0.05) is 5.56 Å². The third-order valence-electron chi connectivity index (χ3n) is 3.38. The number of hydrazine groups is 1. The molecule has 0 bridgehead atoms. The van der Waals surface area contributed by atoms with Gasteiger partial charge in [-0.25, -0.2) is 4.98 Å². The zero-order chi connectivity index (χ0) is 16.9. The van der Waals surface area contributed by atoms with Gasteiger partial charge < -0.3 is 0 Å². The molecule has 2 heterocycles. The molecule has 7 heteroatoms. The first kappa shape index (κ1) is 16.4. The summed E-state index contributed by atoms with van der Waals surface area (Å²) in [6.07, 6.45) is 2.42. The van der Waals surface area contributed by atoms with Crippen molar-refractivity contribution in [3.8, 4) is 9.88 Å². The molecule has 2 amide bonds. The first-order valence-electron chi connectivity index (χ1n) is 7.36. The van der Waals surface area contributed by atoms with Crippen molar-refractivity contribution in [3.63, 3.8) is 0 Å². The van der Waals surface area contributed by atoms with E-state index < -0.39 is 0 Å². The van der Waals surface area contributed by atoms with Gasteiger partial charge >= 0.3 is 0 Å². The van der Waals surface area contributed by atoms with Gasteiger partial charge in [-0.05, 0) is 35.6 Å². The van der Waals surface area contributed by atoms with Gasteiger partial charge in [-0.1, -0.05) is 25.1 Å². The molecule has 0 aliphatic rings. The average molecular weight is 357 g/mol. The fraction of sp³-hybridized carbons (Fsp3) is 0.118. The van der Waals surface area contributed by atoms with Crippen LogP contribution in [0.25, 0.3) is 9.88 Å². The SMILES string of the molecule is CCc1ccc(C(=O)NNC(=O)c2cnc(-c3cccs3)s2)cc1. The number of thiazole rings is 1. The minimum atomic E-state index is -0.381. The summed E-state index contributed by atoms with van der Waals surface area (Å²) in [5, 5.41) is 2.75. The van der Waals surface area contributed by atoms with Gasteiger partial charge in [-0.3, -0.25) is 20.4 Å². The molecule has 2 aromatic heterocycles. The molecule has 5 nitrogen and oxygen atoms in total. The largest absolute Gasteiger partial charge is 0.281 e. The molecule has 2 N–H and O–H groups in total. The van der Waals surface area contributed by atoms with Crippen molar-refractivity contribution >= 4 is 34.5 Å². The standard InChI is InChI=1S/C17H15N3O2S2/c1-2-11-5-7-12(8-6-11)15(21)19-20-16(22)14-10-18-17(24-14)13-4-3-9-23-13/h3-10H,2H2,1H3,(H,19,21)(H,20,22). The van der Waals surface area contributed by atoms with Gasteiger partial charge in [-0.15, -0.1) is 22.7 Å². The van der Waals surface area contributed by atoms with Crippen LogP contribution in [-0.4, -0.2) is 16.8 Å². The maximum absolute atomic E-state index is 12.1. The third kappa shape index (κ3) is 3.69. The molecule has 0 spiro atoms. The summed E-state index contributed by atoms with van der Waals surface area (Å²) in [6.45, 7) is 2.05. The topological polar surface area (TPSA) is 71.1 Å². The number of carbonyl (C=O) groups excluding carboxylic acids is 2. The number of aryl methyl sites for hydroxylation is 1. The van der Waals surface area contributed by atoms with Crippen LogP contribution in [0.15, 0.2) is 48.0 Å². The van der Waals surface area contributed by atoms with Crippen molar-refractivity contribution in [2.75, 3.05) is 0 Å². The number of nitrogens with zero attached hydrogens (tertiary/aromatic N) is 1. The van der Waals surface area contributed by atoms with Crippen LogP contribution in [0.1, 0.15) is 32.5 Å². The van der Waals surface area contributed by atoms with E-state index in [0.29, 0.717) is 10.4 Å². The van der Waals surface area contributed by atoms with Crippen molar-refractivity contribution in [3.05, 3.63) is 64.0 Å². The van der Waals surface area contributed by atoms with Crippen molar-refractivity contribution < 1.29 is 9.59 Å². The predicted octanol–water partition coefficient (Wildman–Crippen LogP) is 3.51. The second kappa shape index (κ2) is 7.37. The molecule has 0 saturated carbocycles. The van der Waals surface area contributed by atoms with Crippen LogP contribution in [0.4, 0.5) is 0 Å². The van der Waals surface area contributed by atoms with Crippen molar-refractivity contribution in [1.82, 2.24) is 15.8 Å². The summed E-state index contributed by atoms with van der Waals surface area (Å²) in [5.74, 6) is -0.733. The number of amides is 2. The number of hydrogen-bond acceptors (Lipinski definition) is 5. The highest BCUT2D eigenvalue weighted by atomic mass is 32.1. The number of aromatic nitrogens is 1. The van der Waals surface area contributed by atoms with E-state index in [2.05, 4.69) is 22.8 Å². The van der Waals surface area contributed by atoms with Gasteiger partial charge in [0.05, 0.1) is 11.1 Å². The highest BCUT2D eigenvalue weighted by Gasteiger charge is 2.13. The van der Waals surface area contributed by atoms with E-state index >= 15 is 0 Å². The van der Waals surface area contributed by atoms with Crippen LogP contribution >= 0.6 is 22.7 Å². The lowest BCUT2D eigenvalue weighted by Gasteiger charge is -2.06. The lowest BCUT2D eigenvalue weighted by molar-refractivity contribution is 0.0849. The molecule has 3 aromatic rings. The van der Waals surface area contributed by atoms with Crippen LogP contribution in [0.3, 0.4) is 0 Å². The Balaban J connectivity index is 1.59. The van der Waals surface area contributed by atoms with Crippen molar-refractivity contribution in [2.24, 2.45) is 0 Å². The van der Waals surface area contributed by atoms with Crippen LogP contribution in [0.5, 0.6) is 0 Å². The molecule has 0 atom stereocenters. The number of nitrogens with one attached hydrogen (secondary N) is 2. The van der Waals surface area contributed by atoms with Gasteiger partial charge in [0.15, 0.2) is 0 Å². The highest BCUT2D eigenvalue weighted by molar-refractivity contribution is 7.21.